The van der Waals surface area contributed by atoms with Crippen LogP contribution in [-0.2, 0) is 12.5 Å². The highest BCUT2D eigenvalue weighted by molar-refractivity contribution is 7.99. The van der Waals surface area contributed by atoms with Crippen molar-refractivity contribution in [2.24, 2.45) is 7.05 Å². The largest absolute Gasteiger partial charge is 0.309 e. The van der Waals surface area contributed by atoms with E-state index in [1.807, 2.05) is 17.8 Å². The quantitative estimate of drug-likeness (QED) is 0.381. The van der Waals surface area contributed by atoms with Gasteiger partial charge in [0, 0.05) is 29.8 Å². The van der Waals surface area contributed by atoms with Crippen molar-refractivity contribution < 1.29 is 0 Å². The van der Waals surface area contributed by atoms with Crippen LogP contribution in [0.4, 0.5) is 0 Å². The van der Waals surface area contributed by atoms with Gasteiger partial charge in [-0.1, -0.05) is 42.8 Å². The molecule has 31 heavy (non-hydrogen) atoms. The number of nitrogens with zero attached hydrogens (tertiary/aromatic N) is 6. The zero-order valence-corrected chi connectivity index (χ0v) is 18.7. The Kier molecular flexibility index (Phi) is 4.92. The van der Waals surface area contributed by atoms with Gasteiger partial charge in [0.15, 0.2) is 16.6 Å². The van der Waals surface area contributed by atoms with Crippen molar-refractivity contribution in [1.82, 2.24) is 24.7 Å². The molecule has 1 aromatic carbocycles. The van der Waals surface area contributed by atoms with Gasteiger partial charge in [-0.3, -0.25) is 4.98 Å². The summed E-state index contributed by atoms with van der Waals surface area (Å²) in [5.74, 6) is 1.64. The highest BCUT2D eigenvalue weighted by Gasteiger charge is 2.44. The lowest BCUT2D eigenvalue weighted by molar-refractivity contribution is 0.906. The van der Waals surface area contributed by atoms with Gasteiger partial charge in [-0.25, -0.2) is 4.98 Å². The van der Waals surface area contributed by atoms with E-state index < -0.39 is 0 Å². The van der Waals surface area contributed by atoms with Gasteiger partial charge in [-0.2, -0.15) is 5.26 Å². The Balaban J connectivity index is 1.55. The third-order valence-corrected chi connectivity index (χ3v) is 6.78. The summed E-state index contributed by atoms with van der Waals surface area (Å²) in [6.45, 7) is 2.12. The number of fused-ring (bicyclic) bond motifs is 1. The van der Waals surface area contributed by atoms with Crippen LogP contribution in [0.3, 0.4) is 0 Å². The molecular weight excluding hydrogens is 428 g/mol. The molecule has 154 valence electrons. The van der Waals surface area contributed by atoms with Crippen LogP contribution in [-0.4, -0.2) is 30.5 Å². The highest BCUT2D eigenvalue weighted by atomic mass is 35.5. The molecule has 5 rings (SSSR count). The van der Waals surface area contributed by atoms with Crippen molar-refractivity contribution in [2.75, 3.05) is 5.75 Å². The SMILES string of the molecule is CCSc1cc(-c2ccc(C3(C#N)CC3)cc2)cnc1-c1nc2cc(Cl)nnc2n1C. The van der Waals surface area contributed by atoms with Gasteiger partial charge in [0.05, 0.1) is 11.5 Å². The Morgan fingerprint density at radius 3 is 2.61 bits per heavy atom. The monoisotopic (exact) mass is 446 g/mol. The van der Waals surface area contributed by atoms with Crippen LogP contribution >= 0.6 is 23.4 Å². The highest BCUT2D eigenvalue weighted by Crippen LogP contribution is 2.47. The Labute approximate surface area is 189 Å². The minimum Gasteiger partial charge on any atom is -0.309 e. The Hall–Kier alpha value is -2.95. The van der Waals surface area contributed by atoms with E-state index in [-0.39, 0.29) is 5.41 Å². The number of rotatable bonds is 5. The summed E-state index contributed by atoms with van der Waals surface area (Å²) < 4.78 is 1.89. The van der Waals surface area contributed by atoms with E-state index in [1.54, 1.807) is 17.8 Å². The van der Waals surface area contributed by atoms with Crippen molar-refractivity contribution in [3.05, 3.63) is 53.3 Å². The number of pyridine rings is 1. The summed E-state index contributed by atoms with van der Waals surface area (Å²) in [4.78, 5) is 10.6. The van der Waals surface area contributed by atoms with Gasteiger partial charge in [-0.15, -0.1) is 22.0 Å². The Morgan fingerprint density at radius 1 is 1.16 bits per heavy atom. The molecule has 4 aromatic rings. The van der Waals surface area contributed by atoms with E-state index in [9.17, 15) is 5.26 Å². The van der Waals surface area contributed by atoms with Crippen molar-refractivity contribution in [3.63, 3.8) is 0 Å². The number of thioether (sulfide) groups is 1. The average molecular weight is 447 g/mol. The second kappa shape index (κ2) is 7.63. The number of aromatic nitrogens is 5. The smallest absolute Gasteiger partial charge is 0.182 e. The van der Waals surface area contributed by atoms with Crippen LogP contribution in [0.25, 0.3) is 33.8 Å². The first-order valence-corrected chi connectivity index (χ1v) is 11.4. The molecule has 8 heteroatoms. The maximum Gasteiger partial charge on any atom is 0.182 e. The van der Waals surface area contributed by atoms with E-state index in [0.717, 1.165) is 51.7 Å². The van der Waals surface area contributed by atoms with Gasteiger partial charge in [0.2, 0.25) is 0 Å². The summed E-state index contributed by atoms with van der Waals surface area (Å²) in [5, 5.41) is 17.9. The molecule has 1 saturated carbocycles. The maximum atomic E-state index is 9.43. The van der Waals surface area contributed by atoms with E-state index in [4.69, 9.17) is 21.6 Å². The van der Waals surface area contributed by atoms with Crippen molar-refractivity contribution in [3.8, 4) is 28.7 Å². The molecule has 0 unspecified atom stereocenters. The summed E-state index contributed by atoms with van der Waals surface area (Å²) in [7, 11) is 1.91. The number of hydrogen-bond acceptors (Lipinski definition) is 6. The van der Waals surface area contributed by atoms with Crippen LogP contribution in [0.5, 0.6) is 0 Å². The molecule has 1 aliphatic rings. The topological polar surface area (TPSA) is 80.3 Å². The second-order valence-electron chi connectivity index (χ2n) is 7.65. The van der Waals surface area contributed by atoms with Crippen LogP contribution in [0.1, 0.15) is 25.3 Å². The van der Waals surface area contributed by atoms with Crippen LogP contribution in [0.15, 0.2) is 47.5 Å². The van der Waals surface area contributed by atoms with Crippen LogP contribution < -0.4 is 0 Å². The van der Waals surface area contributed by atoms with Crippen molar-refractivity contribution >= 4 is 34.5 Å². The van der Waals surface area contributed by atoms with Gasteiger partial charge in [0.1, 0.15) is 11.2 Å². The van der Waals surface area contributed by atoms with E-state index in [0.29, 0.717) is 16.3 Å². The lowest BCUT2D eigenvalue weighted by atomic mass is 9.95. The lowest BCUT2D eigenvalue weighted by Crippen LogP contribution is -2.01. The number of halogens is 1. The summed E-state index contributed by atoms with van der Waals surface area (Å²) in [6.07, 6.45) is 3.77. The predicted octanol–water partition coefficient (Wildman–Crippen LogP) is 5.41. The molecule has 6 nitrogen and oxygen atoms in total. The number of aryl methyl sites for hydroxylation is 1. The standard InChI is InChI=1S/C23H19ClN6S/c1-3-31-18-10-15(14-4-6-16(7-5-14)23(13-25)8-9-23)12-26-20(18)22-27-17-11-19(24)28-29-21(17)30(22)2/h4-7,10-12H,3,8-9H2,1-2H3. The third-order valence-electron chi connectivity index (χ3n) is 5.69. The molecule has 0 amide bonds. The molecule has 0 saturated heterocycles. The van der Waals surface area contributed by atoms with E-state index in [1.165, 1.54) is 0 Å². The van der Waals surface area contributed by atoms with E-state index >= 15 is 0 Å². The van der Waals surface area contributed by atoms with Crippen molar-refractivity contribution in [2.45, 2.75) is 30.1 Å². The molecular formula is C23H19ClN6S. The molecule has 0 bridgehead atoms. The minimum absolute atomic E-state index is 0.268. The number of benzene rings is 1. The molecule has 0 radical (unpaired) electrons. The number of nitriles is 1. The normalized spacial score (nSPS) is 14.5. The van der Waals surface area contributed by atoms with Gasteiger partial charge >= 0.3 is 0 Å². The molecule has 0 aliphatic heterocycles. The third kappa shape index (κ3) is 3.46. The Bertz CT molecular complexity index is 1330. The van der Waals surface area contributed by atoms with Gasteiger partial charge in [-0.05, 0) is 35.8 Å². The molecule has 1 aliphatic carbocycles. The first-order chi connectivity index (χ1) is 15.0. The molecule has 3 aromatic heterocycles. The first-order valence-electron chi connectivity index (χ1n) is 10.1. The zero-order chi connectivity index (χ0) is 21.6. The summed E-state index contributed by atoms with van der Waals surface area (Å²) in [5.41, 5.74) is 5.12. The van der Waals surface area contributed by atoms with Gasteiger partial charge < -0.3 is 4.57 Å². The Morgan fingerprint density at radius 2 is 1.94 bits per heavy atom. The maximum absolute atomic E-state index is 9.43. The second-order valence-corrected chi connectivity index (χ2v) is 9.34. The summed E-state index contributed by atoms with van der Waals surface area (Å²) in [6, 6.07) is 14.6. The molecule has 0 atom stereocenters. The number of imidazole rings is 1. The predicted molar refractivity (Wildman–Crippen MR) is 123 cm³/mol. The zero-order valence-electron chi connectivity index (χ0n) is 17.1. The van der Waals surface area contributed by atoms with Crippen LogP contribution in [0.2, 0.25) is 5.15 Å². The van der Waals surface area contributed by atoms with Crippen molar-refractivity contribution in [1.29, 1.82) is 5.26 Å². The molecule has 0 spiro atoms. The minimum atomic E-state index is -0.268. The molecule has 0 N–H and O–H groups in total. The fourth-order valence-corrected chi connectivity index (χ4v) is 4.73. The van der Waals surface area contributed by atoms with Gasteiger partial charge in [0.25, 0.3) is 0 Å². The summed E-state index contributed by atoms with van der Waals surface area (Å²) >= 11 is 7.72. The lowest BCUT2D eigenvalue weighted by Gasteiger charge is -2.11. The first kappa shape index (κ1) is 20.0. The number of hydrogen-bond donors (Lipinski definition) is 0. The molecule has 3 heterocycles. The fraction of sp³-hybridized carbons (Fsp3) is 0.261. The fourth-order valence-electron chi connectivity index (χ4n) is 3.78. The van der Waals surface area contributed by atoms with E-state index in [2.05, 4.69) is 53.5 Å². The average Bonchev–Trinajstić information content (AvgIpc) is 3.53. The van der Waals surface area contributed by atoms with Crippen LogP contribution in [0, 0.1) is 11.3 Å². The molecule has 1 fully saturated rings.